The summed E-state index contributed by atoms with van der Waals surface area (Å²) in [6.45, 7) is 0.258. The lowest BCUT2D eigenvalue weighted by Crippen LogP contribution is -2.29. The Morgan fingerprint density at radius 2 is 2.18 bits per heavy atom. The molecule has 1 aromatic rings. The van der Waals surface area contributed by atoms with Crippen molar-refractivity contribution in [1.29, 1.82) is 0 Å². The zero-order valence-electron chi connectivity index (χ0n) is 9.00. The highest BCUT2D eigenvalue weighted by Gasteiger charge is 2.33. The Balaban J connectivity index is 2.51. The van der Waals surface area contributed by atoms with E-state index >= 15 is 0 Å². The average Bonchev–Trinajstić information content (AvgIpc) is 2.57. The van der Waals surface area contributed by atoms with Crippen LogP contribution in [-0.2, 0) is 4.79 Å². The number of para-hydroxylation sites is 1. The van der Waals surface area contributed by atoms with Crippen LogP contribution in [0.5, 0.6) is 0 Å². The van der Waals surface area contributed by atoms with E-state index in [1.807, 2.05) is 0 Å². The molecule has 1 fully saturated rings. The van der Waals surface area contributed by atoms with Gasteiger partial charge in [-0.05, 0) is 6.07 Å². The van der Waals surface area contributed by atoms with Crippen molar-refractivity contribution in [2.75, 3.05) is 17.2 Å². The number of nitrogens with zero attached hydrogens (tertiary/aromatic N) is 2. The molecule has 17 heavy (non-hydrogen) atoms. The monoisotopic (exact) mass is 236 g/mol. The number of nitro groups is 1. The van der Waals surface area contributed by atoms with Crippen LogP contribution in [0.1, 0.15) is 6.42 Å². The minimum atomic E-state index is -0.553. The molecule has 2 rings (SSSR count). The van der Waals surface area contributed by atoms with Crippen LogP contribution in [0.2, 0.25) is 0 Å². The molecule has 1 aliphatic rings. The highest BCUT2D eigenvalue weighted by molar-refractivity contribution is 6.01. The van der Waals surface area contributed by atoms with Crippen molar-refractivity contribution in [1.82, 2.24) is 0 Å². The number of carbonyl (C=O) groups excluding carboxylic acids is 1. The van der Waals surface area contributed by atoms with Crippen LogP contribution in [0.3, 0.4) is 0 Å². The molecular formula is C10H12N4O3. The molecule has 0 spiro atoms. The summed E-state index contributed by atoms with van der Waals surface area (Å²) in [7, 11) is 0. The van der Waals surface area contributed by atoms with Gasteiger partial charge in [-0.25, -0.2) is 0 Å². The smallest absolute Gasteiger partial charge is 0.295 e. The normalized spacial score (nSPS) is 19.7. The van der Waals surface area contributed by atoms with Crippen molar-refractivity contribution in [3.05, 3.63) is 28.3 Å². The molecule has 0 aliphatic carbocycles. The van der Waals surface area contributed by atoms with Crippen molar-refractivity contribution in [3.63, 3.8) is 0 Å². The fraction of sp³-hybridized carbons (Fsp3) is 0.300. The Kier molecular flexibility index (Phi) is 2.68. The van der Waals surface area contributed by atoms with Crippen molar-refractivity contribution >= 4 is 23.0 Å². The molecule has 1 atom stereocenters. The Hall–Kier alpha value is -2.15. The maximum atomic E-state index is 11.7. The highest BCUT2D eigenvalue weighted by atomic mass is 16.6. The van der Waals surface area contributed by atoms with Crippen molar-refractivity contribution in [2.24, 2.45) is 5.73 Å². The van der Waals surface area contributed by atoms with E-state index in [9.17, 15) is 14.9 Å². The van der Waals surface area contributed by atoms with Gasteiger partial charge in [-0.15, -0.1) is 0 Å². The number of nitro benzene ring substituents is 1. The molecule has 7 heteroatoms. The fourth-order valence-electron chi connectivity index (χ4n) is 1.94. The maximum Gasteiger partial charge on any atom is 0.295 e. The first-order chi connectivity index (χ1) is 8.00. The highest BCUT2D eigenvalue weighted by Crippen LogP contribution is 2.36. The predicted octanol–water partition coefficient (Wildman–Crippen LogP) is 0.241. The van der Waals surface area contributed by atoms with E-state index in [2.05, 4.69) is 0 Å². The fourth-order valence-corrected chi connectivity index (χ4v) is 1.94. The predicted molar refractivity (Wildman–Crippen MR) is 62.5 cm³/mol. The molecule has 1 saturated heterocycles. The van der Waals surface area contributed by atoms with Crippen molar-refractivity contribution < 1.29 is 9.72 Å². The Labute approximate surface area is 97.1 Å². The molecule has 1 unspecified atom stereocenters. The molecule has 1 aliphatic heterocycles. The van der Waals surface area contributed by atoms with Gasteiger partial charge < -0.3 is 16.4 Å². The molecule has 7 nitrogen and oxygen atoms in total. The van der Waals surface area contributed by atoms with Gasteiger partial charge in [-0.1, -0.05) is 6.07 Å². The van der Waals surface area contributed by atoms with Crippen LogP contribution < -0.4 is 16.4 Å². The van der Waals surface area contributed by atoms with Gasteiger partial charge >= 0.3 is 0 Å². The van der Waals surface area contributed by atoms with E-state index in [4.69, 9.17) is 11.5 Å². The lowest BCUT2D eigenvalue weighted by atomic mass is 10.2. The standard InChI is InChI=1S/C10H12N4O3/c11-6-4-9(15)13(5-6)10-7(12)2-1-3-8(10)14(16)17/h1-3,6H,4-5,11-12H2. The molecule has 0 bridgehead atoms. The number of hydrogen-bond donors (Lipinski definition) is 2. The molecular weight excluding hydrogens is 224 g/mol. The van der Waals surface area contributed by atoms with Gasteiger partial charge in [0.2, 0.25) is 5.91 Å². The van der Waals surface area contributed by atoms with Gasteiger partial charge in [0.25, 0.3) is 5.69 Å². The summed E-state index contributed by atoms with van der Waals surface area (Å²) >= 11 is 0. The number of carbonyl (C=O) groups is 1. The van der Waals surface area contributed by atoms with Crippen LogP contribution in [-0.4, -0.2) is 23.4 Å². The van der Waals surface area contributed by atoms with Crippen LogP contribution in [0.25, 0.3) is 0 Å². The minimum Gasteiger partial charge on any atom is -0.397 e. The number of nitrogens with two attached hydrogens (primary N) is 2. The Morgan fingerprint density at radius 1 is 1.47 bits per heavy atom. The molecule has 0 aromatic heterocycles. The molecule has 0 saturated carbocycles. The summed E-state index contributed by atoms with van der Waals surface area (Å²) in [6, 6.07) is 4.03. The Bertz CT molecular complexity index is 488. The first kappa shape index (κ1) is 11.3. The number of anilines is 2. The lowest BCUT2D eigenvalue weighted by Gasteiger charge is -2.17. The summed E-state index contributed by atoms with van der Waals surface area (Å²) in [4.78, 5) is 23.3. The van der Waals surface area contributed by atoms with Crippen LogP contribution in [0.15, 0.2) is 18.2 Å². The van der Waals surface area contributed by atoms with Gasteiger partial charge in [-0.3, -0.25) is 14.9 Å². The van der Waals surface area contributed by atoms with E-state index in [1.165, 1.54) is 23.1 Å². The zero-order valence-corrected chi connectivity index (χ0v) is 9.00. The van der Waals surface area contributed by atoms with Crippen molar-refractivity contribution in [3.8, 4) is 0 Å². The van der Waals surface area contributed by atoms with Crippen LogP contribution in [0.4, 0.5) is 17.1 Å². The number of nitrogen functional groups attached to an aromatic ring is 1. The van der Waals surface area contributed by atoms with Gasteiger partial charge in [0, 0.05) is 25.1 Å². The molecule has 0 radical (unpaired) electrons. The lowest BCUT2D eigenvalue weighted by molar-refractivity contribution is -0.384. The second-order valence-electron chi connectivity index (χ2n) is 3.94. The van der Waals surface area contributed by atoms with E-state index in [0.29, 0.717) is 0 Å². The van der Waals surface area contributed by atoms with Gasteiger partial charge in [0.1, 0.15) is 5.69 Å². The topological polar surface area (TPSA) is 115 Å². The van der Waals surface area contributed by atoms with E-state index in [1.54, 1.807) is 0 Å². The third kappa shape index (κ3) is 1.92. The van der Waals surface area contributed by atoms with Crippen LogP contribution >= 0.6 is 0 Å². The first-order valence-corrected chi connectivity index (χ1v) is 5.09. The van der Waals surface area contributed by atoms with E-state index in [0.717, 1.165) is 0 Å². The first-order valence-electron chi connectivity index (χ1n) is 5.09. The maximum absolute atomic E-state index is 11.7. The van der Waals surface area contributed by atoms with Gasteiger partial charge in [0.15, 0.2) is 0 Å². The van der Waals surface area contributed by atoms with E-state index < -0.39 is 4.92 Å². The molecule has 1 aromatic carbocycles. The third-order valence-corrected chi connectivity index (χ3v) is 2.67. The van der Waals surface area contributed by atoms with Gasteiger partial charge in [-0.2, -0.15) is 0 Å². The third-order valence-electron chi connectivity index (χ3n) is 2.67. The van der Waals surface area contributed by atoms with E-state index in [-0.39, 0.29) is 42.0 Å². The number of benzene rings is 1. The number of rotatable bonds is 2. The second-order valence-corrected chi connectivity index (χ2v) is 3.94. The molecule has 4 N–H and O–H groups in total. The number of hydrogen-bond acceptors (Lipinski definition) is 5. The number of amides is 1. The summed E-state index contributed by atoms with van der Waals surface area (Å²) in [5, 5.41) is 10.9. The van der Waals surface area contributed by atoms with Crippen LogP contribution in [0, 0.1) is 10.1 Å². The average molecular weight is 236 g/mol. The van der Waals surface area contributed by atoms with Crippen molar-refractivity contribution in [2.45, 2.75) is 12.5 Å². The molecule has 1 amide bonds. The minimum absolute atomic E-state index is 0.149. The largest absolute Gasteiger partial charge is 0.397 e. The summed E-state index contributed by atoms with van der Waals surface area (Å²) in [6.07, 6.45) is 0.186. The summed E-state index contributed by atoms with van der Waals surface area (Å²) in [5.74, 6) is -0.237. The zero-order chi connectivity index (χ0) is 12.6. The molecule has 1 heterocycles. The summed E-state index contributed by atoms with van der Waals surface area (Å²) < 4.78 is 0. The SMILES string of the molecule is Nc1cccc([N+](=O)[O-])c1N1CC(N)CC1=O. The Morgan fingerprint density at radius 3 is 2.71 bits per heavy atom. The van der Waals surface area contributed by atoms with Gasteiger partial charge in [0.05, 0.1) is 10.6 Å². The summed E-state index contributed by atoms with van der Waals surface area (Å²) in [5.41, 5.74) is 11.5. The quantitative estimate of drug-likeness (QED) is 0.433. The molecule has 90 valence electrons. The second kappa shape index (κ2) is 4.02.